The summed E-state index contributed by atoms with van der Waals surface area (Å²) in [5, 5.41) is 3.46. The van der Waals surface area contributed by atoms with Crippen molar-refractivity contribution in [3.63, 3.8) is 0 Å². The van der Waals surface area contributed by atoms with Crippen molar-refractivity contribution < 1.29 is 27.9 Å². The summed E-state index contributed by atoms with van der Waals surface area (Å²) in [7, 11) is 1.44. The molecule has 0 spiro atoms. The molecule has 1 saturated carbocycles. The standard InChI is InChI=1S/C37H32FNO5/c1-3-31(40)35-29-19-28(24-8-7-9-25(18-24)32(41)21-37(16-17-37)26-10-5-4-6-11-26)30(39-34(42)22-43-2)20-33(29)44-36(35)23-12-14-27(38)15-13-23/h4-15,18-20H,3,16-17,21-22H2,1-2H3,(H,39,42). The number of halogens is 1. The van der Waals surface area contributed by atoms with Crippen molar-refractivity contribution >= 4 is 34.1 Å². The molecule has 0 atom stereocenters. The summed E-state index contributed by atoms with van der Waals surface area (Å²) < 4.78 is 24.9. The number of hydrogen-bond acceptors (Lipinski definition) is 5. The van der Waals surface area contributed by atoms with Gasteiger partial charge in [-0.1, -0.05) is 55.5 Å². The molecule has 0 radical (unpaired) electrons. The molecule has 1 amide bonds. The summed E-state index contributed by atoms with van der Waals surface area (Å²) in [4.78, 5) is 39.6. The highest BCUT2D eigenvalue weighted by Gasteiger charge is 2.45. The Labute approximate surface area is 254 Å². The highest BCUT2D eigenvalue weighted by molar-refractivity contribution is 6.14. The van der Waals surface area contributed by atoms with Gasteiger partial charge in [0, 0.05) is 53.5 Å². The summed E-state index contributed by atoms with van der Waals surface area (Å²) >= 11 is 0. The number of rotatable bonds is 11. The molecule has 4 aromatic carbocycles. The van der Waals surface area contributed by atoms with Crippen molar-refractivity contribution in [2.45, 2.75) is 38.0 Å². The van der Waals surface area contributed by atoms with Gasteiger partial charge in [-0.3, -0.25) is 14.4 Å². The van der Waals surface area contributed by atoms with Crippen LogP contribution in [-0.4, -0.2) is 31.2 Å². The number of furan rings is 1. The first-order valence-corrected chi connectivity index (χ1v) is 14.7. The van der Waals surface area contributed by atoms with Crippen LogP contribution in [-0.2, 0) is 14.9 Å². The number of benzene rings is 4. The number of nitrogens with one attached hydrogen (secondary N) is 1. The number of carbonyl (C=O) groups excluding carboxylic acids is 3. The maximum absolute atomic E-state index is 13.7. The van der Waals surface area contributed by atoms with Gasteiger partial charge in [0.25, 0.3) is 0 Å². The van der Waals surface area contributed by atoms with E-state index in [0.717, 1.165) is 12.8 Å². The van der Waals surface area contributed by atoms with E-state index >= 15 is 0 Å². The Kier molecular flexibility index (Phi) is 7.97. The van der Waals surface area contributed by atoms with E-state index in [-0.39, 0.29) is 35.9 Å². The van der Waals surface area contributed by atoms with Crippen LogP contribution in [0.5, 0.6) is 0 Å². The lowest BCUT2D eigenvalue weighted by Gasteiger charge is -2.16. The summed E-state index contributed by atoms with van der Waals surface area (Å²) in [6.07, 6.45) is 2.59. The second-order valence-electron chi connectivity index (χ2n) is 11.3. The molecule has 0 saturated heterocycles. The van der Waals surface area contributed by atoms with Crippen LogP contribution < -0.4 is 5.32 Å². The smallest absolute Gasteiger partial charge is 0.250 e. The zero-order valence-electron chi connectivity index (χ0n) is 24.6. The summed E-state index contributed by atoms with van der Waals surface area (Å²) in [5.41, 5.74) is 4.74. The molecular formula is C37H32FNO5. The van der Waals surface area contributed by atoms with Crippen molar-refractivity contribution in [1.82, 2.24) is 0 Å². The van der Waals surface area contributed by atoms with Gasteiger partial charge in [0.15, 0.2) is 11.6 Å². The lowest BCUT2D eigenvalue weighted by Crippen LogP contribution is -2.17. The number of fused-ring (bicyclic) bond motifs is 1. The van der Waals surface area contributed by atoms with Gasteiger partial charge in [0.05, 0.1) is 11.3 Å². The monoisotopic (exact) mass is 589 g/mol. The minimum Gasteiger partial charge on any atom is -0.455 e. The highest BCUT2D eigenvalue weighted by Crippen LogP contribution is 2.51. The van der Waals surface area contributed by atoms with Crippen molar-refractivity contribution in [2.24, 2.45) is 0 Å². The molecule has 6 rings (SSSR count). The van der Waals surface area contributed by atoms with Gasteiger partial charge in [-0.05, 0) is 60.4 Å². The topological polar surface area (TPSA) is 85.6 Å². The molecule has 1 aliphatic rings. The summed E-state index contributed by atoms with van der Waals surface area (Å²) in [5.74, 6) is -0.524. The van der Waals surface area contributed by atoms with Crippen LogP contribution in [0, 0.1) is 5.82 Å². The molecule has 1 aliphatic carbocycles. The number of amides is 1. The Morgan fingerprint density at radius 1 is 0.886 bits per heavy atom. The molecule has 6 nitrogen and oxygen atoms in total. The molecule has 1 heterocycles. The van der Waals surface area contributed by atoms with Gasteiger partial charge < -0.3 is 14.5 Å². The zero-order valence-corrected chi connectivity index (χ0v) is 24.6. The first kappa shape index (κ1) is 29.2. The predicted molar refractivity (Wildman–Crippen MR) is 168 cm³/mol. The Morgan fingerprint density at radius 3 is 2.32 bits per heavy atom. The Bertz CT molecular complexity index is 1870. The van der Waals surface area contributed by atoms with Crippen LogP contribution in [0.15, 0.2) is 95.4 Å². The first-order valence-electron chi connectivity index (χ1n) is 14.7. The maximum atomic E-state index is 13.7. The molecule has 5 aromatic rings. The molecule has 1 N–H and O–H groups in total. The lowest BCUT2D eigenvalue weighted by atomic mass is 9.88. The fraction of sp³-hybridized carbons (Fsp3) is 0.216. The van der Waals surface area contributed by atoms with E-state index in [2.05, 4.69) is 17.4 Å². The minimum absolute atomic E-state index is 0.0445. The van der Waals surface area contributed by atoms with Gasteiger partial charge >= 0.3 is 0 Å². The summed E-state index contributed by atoms with van der Waals surface area (Å²) in [6.45, 7) is 1.61. The van der Waals surface area contributed by atoms with Gasteiger partial charge in [0.1, 0.15) is 23.8 Å². The molecule has 1 aromatic heterocycles. The van der Waals surface area contributed by atoms with E-state index in [9.17, 15) is 18.8 Å². The van der Waals surface area contributed by atoms with Crippen molar-refractivity contribution in [3.05, 3.63) is 114 Å². The van der Waals surface area contributed by atoms with E-state index in [4.69, 9.17) is 9.15 Å². The molecule has 222 valence electrons. The molecule has 1 fully saturated rings. The number of carbonyl (C=O) groups is 3. The molecule has 0 aliphatic heterocycles. The van der Waals surface area contributed by atoms with Crippen molar-refractivity contribution in [3.8, 4) is 22.5 Å². The van der Waals surface area contributed by atoms with E-state index < -0.39 is 5.82 Å². The van der Waals surface area contributed by atoms with Crippen LogP contribution in [0.3, 0.4) is 0 Å². The summed E-state index contributed by atoms with van der Waals surface area (Å²) in [6, 6.07) is 26.8. The first-order chi connectivity index (χ1) is 21.3. The SMILES string of the molecule is CCC(=O)c1c(-c2ccc(F)cc2)oc2cc(NC(=O)COC)c(-c3cccc(C(=O)CC4(c5ccccc5)CC4)c3)cc12. The minimum atomic E-state index is -0.399. The van der Waals surface area contributed by atoms with Gasteiger partial charge in [-0.25, -0.2) is 4.39 Å². The van der Waals surface area contributed by atoms with E-state index in [1.165, 1.54) is 24.8 Å². The third-order valence-corrected chi connectivity index (χ3v) is 8.32. The second kappa shape index (κ2) is 12.0. The second-order valence-corrected chi connectivity index (χ2v) is 11.3. The largest absolute Gasteiger partial charge is 0.455 e. The number of methoxy groups -OCH3 is 1. The van der Waals surface area contributed by atoms with Crippen LogP contribution in [0.25, 0.3) is 33.4 Å². The van der Waals surface area contributed by atoms with Crippen molar-refractivity contribution in [2.75, 3.05) is 19.0 Å². The molecule has 44 heavy (non-hydrogen) atoms. The number of hydrogen-bond donors (Lipinski definition) is 1. The number of anilines is 1. The van der Waals surface area contributed by atoms with Gasteiger partial charge in [0.2, 0.25) is 5.91 Å². The van der Waals surface area contributed by atoms with E-state index in [1.54, 1.807) is 25.1 Å². The Hall–Kier alpha value is -4.88. The normalized spacial score (nSPS) is 13.5. The third-order valence-electron chi connectivity index (χ3n) is 8.32. The van der Waals surface area contributed by atoms with E-state index in [0.29, 0.717) is 56.7 Å². The zero-order chi connectivity index (χ0) is 30.8. The number of Topliss-reactive ketones (excluding diaryl/α,β-unsaturated/α-hetero) is 2. The van der Waals surface area contributed by atoms with Gasteiger partial charge in [-0.2, -0.15) is 0 Å². The maximum Gasteiger partial charge on any atom is 0.250 e. The quantitative estimate of drug-likeness (QED) is 0.156. The van der Waals surface area contributed by atoms with Crippen LogP contribution in [0.2, 0.25) is 0 Å². The van der Waals surface area contributed by atoms with Gasteiger partial charge in [-0.15, -0.1) is 0 Å². The predicted octanol–water partition coefficient (Wildman–Crippen LogP) is 8.39. The Morgan fingerprint density at radius 2 is 1.64 bits per heavy atom. The molecule has 7 heteroatoms. The van der Waals surface area contributed by atoms with Crippen LogP contribution in [0.1, 0.15) is 58.9 Å². The van der Waals surface area contributed by atoms with Crippen molar-refractivity contribution in [1.29, 1.82) is 0 Å². The average molecular weight is 590 g/mol. The van der Waals surface area contributed by atoms with E-state index in [1.807, 2.05) is 48.5 Å². The highest BCUT2D eigenvalue weighted by atomic mass is 19.1. The average Bonchev–Trinajstić information content (AvgIpc) is 3.73. The molecular weight excluding hydrogens is 557 g/mol. The number of ketones is 2. The van der Waals surface area contributed by atoms with Crippen LogP contribution in [0.4, 0.5) is 10.1 Å². The van der Waals surface area contributed by atoms with Crippen LogP contribution >= 0.6 is 0 Å². The molecule has 0 unspecified atom stereocenters. The lowest BCUT2D eigenvalue weighted by molar-refractivity contribution is -0.119. The number of ether oxygens (including phenoxy) is 1. The fourth-order valence-electron chi connectivity index (χ4n) is 5.84. The molecule has 0 bridgehead atoms. The fourth-order valence-corrected chi connectivity index (χ4v) is 5.84. The third kappa shape index (κ3) is 5.71. The Balaban J connectivity index is 1.45.